The molecule has 3 aliphatic rings. The molecule has 2 aromatic heterocycles. The molecule has 0 amide bonds. The monoisotopic (exact) mass is 716 g/mol. The van der Waals surface area contributed by atoms with Gasteiger partial charge in [-0.05, 0) is 74.4 Å². The van der Waals surface area contributed by atoms with E-state index in [1.54, 1.807) is 23.7 Å². The topological polar surface area (TPSA) is 113 Å². The molecule has 2 aliphatic heterocycles. The minimum atomic E-state index is -3.96. The predicted molar refractivity (Wildman–Crippen MR) is 177 cm³/mol. The zero-order valence-electron chi connectivity index (χ0n) is 25.7. The zero-order valence-corrected chi connectivity index (χ0v) is 28.1. The van der Waals surface area contributed by atoms with Gasteiger partial charge in [0.2, 0.25) is 10.0 Å². The molecule has 1 aliphatic carbocycles. The summed E-state index contributed by atoms with van der Waals surface area (Å²) in [6, 6.07) is 10.8. The predicted octanol–water partition coefficient (Wildman–Crippen LogP) is 6.90. The number of fused-ring (bicyclic) bond motifs is 1. The van der Waals surface area contributed by atoms with Gasteiger partial charge in [0.05, 0.1) is 16.2 Å². The molecule has 4 aromatic rings. The van der Waals surface area contributed by atoms with Gasteiger partial charge in [-0.2, -0.15) is 13.9 Å². The average Bonchev–Trinajstić information content (AvgIpc) is 3.82. The van der Waals surface area contributed by atoms with Crippen molar-refractivity contribution in [3.8, 4) is 0 Å². The van der Waals surface area contributed by atoms with Crippen LogP contribution in [0.1, 0.15) is 79.4 Å². The summed E-state index contributed by atoms with van der Waals surface area (Å²) in [6.07, 6.45) is 6.02. The summed E-state index contributed by atoms with van der Waals surface area (Å²) < 4.78 is 72.2. The van der Waals surface area contributed by atoms with Crippen molar-refractivity contribution in [2.75, 3.05) is 6.54 Å². The number of aliphatic imine (C=N–C) groups is 1. The van der Waals surface area contributed by atoms with Gasteiger partial charge in [-0.1, -0.05) is 29.8 Å². The van der Waals surface area contributed by atoms with Gasteiger partial charge in [-0.25, -0.2) is 27.2 Å². The lowest BCUT2D eigenvalue weighted by Gasteiger charge is -2.33. The van der Waals surface area contributed by atoms with Crippen LogP contribution in [0, 0.1) is 5.82 Å². The zero-order chi connectivity index (χ0) is 33.8. The van der Waals surface area contributed by atoms with Crippen molar-refractivity contribution in [2.45, 2.75) is 74.1 Å². The van der Waals surface area contributed by atoms with Gasteiger partial charge < -0.3 is 10.0 Å². The van der Waals surface area contributed by atoms with Crippen LogP contribution in [0.2, 0.25) is 5.02 Å². The standard InChI is InChI=1S/C33H32ClF3N6O3S2/c1-33(44)11-8-20(9-12-33)19-2-5-23(6-3-19)48(45,46)41-22-17-27-28(26-10-14-43(40-26)32(36)37)29(24-7-4-21(35)16-25(24)34)39-30(42(27)18-22)31-38-13-15-47-31/h2-7,10,13-16,20,22,29,32,41,44H,8-9,11-12,17-18H2,1H3/t20-,22-,29-,33+/m0/s1. The van der Waals surface area contributed by atoms with Crippen LogP contribution in [-0.4, -0.2) is 57.2 Å². The fourth-order valence-corrected chi connectivity index (χ4v) is 8.95. The molecule has 0 spiro atoms. The number of amidine groups is 1. The molecule has 2 N–H and O–H groups in total. The van der Waals surface area contributed by atoms with Gasteiger partial charge in [0.15, 0.2) is 10.8 Å². The van der Waals surface area contributed by atoms with Crippen molar-refractivity contribution in [1.82, 2.24) is 24.4 Å². The molecule has 7 rings (SSSR count). The highest BCUT2D eigenvalue weighted by Crippen LogP contribution is 2.46. The highest BCUT2D eigenvalue weighted by Gasteiger charge is 2.42. The first kappa shape index (κ1) is 33.0. The molecule has 252 valence electrons. The van der Waals surface area contributed by atoms with E-state index in [4.69, 9.17) is 16.6 Å². The summed E-state index contributed by atoms with van der Waals surface area (Å²) in [6.45, 7) is -0.844. The number of hydrogen-bond acceptors (Lipinski definition) is 8. The van der Waals surface area contributed by atoms with E-state index in [1.165, 1.54) is 29.5 Å². The van der Waals surface area contributed by atoms with Crippen molar-refractivity contribution in [3.05, 3.63) is 105 Å². The van der Waals surface area contributed by atoms with Gasteiger partial charge in [-0.3, -0.25) is 4.99 Å². The van der Waals surface area contributed by atoms with Crippen LogP contribution in [0.5, 0.6) is 0 Å². The highest BCUT2D eigenvalue weighted by molar-refractivity contribution is 7.89. The van der Waals surface area contributed by atoms with Crippen LogP contribution >= 0.6 is 22.9 Å². The van der Waals surface area contributed by atoms with Crippen LogP contribution in [0.15, 0.2) is 81.9 Å². The van der Waals surface area contributed by atoms with Crippen molar-refractivity contribution >= 4 is 44.4 Å². The van der Waals surface area contributed by atoms with Crippen LogP contribution in [-0.2, 0) is 10.0 Å². The van der Waals surface area contributed by atoms with Gasteiger partial charge in [-0.15, -0.1) is 11.3 Å². The normalized spacial score (nSPS) is 24.7. The first-order chi connectivity index (χ1) is 22.9. The molecule has 4 heterocycles. The number of aromatic nitrogens is 3. The summed E-state index contributed by atoms with van der Waals surface area (Å²) in [4.78, 5) is 11.4. The largest absolute Gasteiger partial charge is 0.390 e. The molecule has 48 heavy (non-hydrogen) atoms. The maximum atomic E-state index is 14.1. The molecule has 2 fully saturated rings. The third kappa shape index (κ3) is 6.43. The Kier molecular flexibility index (Phi) is 8.73. The van der Waals surface area contributed by atoms with E-state index < -0.39 is 40.1 Å². The first-order valence-corrected chi connectivity index (χ1v) is 18.2. The lowest BCUT2D eigenvalue weighted by atomic mass is 9.77. The maximum absolute atomic E-state index is 14.1. The number of halogens is 4. The summed E-state index contributed by atoms with van der Waals surface area (Å²) in [7, 11) is -3.96. The third-order valence-electron chi connectivity index (χ3n) is 9.27. The SMILES string of the molecule is C[C@]1(O)CC[C@@H](c2ccc(S(=O)(=O)N[C@H]3CC4=C(c5ccn(C(F)F)n5)[C@H](c5ccc(F)cc5Cl)N=C(c5nccs5)N4C3)cc2)CC1. The number of benzene rings is 2. The van der Waals surface area contributed by atoms with E-state index in [1.807, 2.05) is 24.0 Å². The van der Waals surface area contributed by atoms with Crippen molar-refractivity contribution in [2.24, 2.45) is 4.99 Å². The minimum Gasteiger partial charge on any atom is -0.390 e. The molecule has 2 aromatic carbocycles. The number of rotatable bonds is 8. The summed E-state index contributed by atoms with van der Waals surface area (Å²) in [5.74, 6) is 0.169. The molecule has 9 nitrogen and oxygen atoms in total. The molecule has 0 unspecified atom stereocenters. The van der Waals surface area contributed by atoms with Crippen LogP contribution in [0.25, 0.3) is 5.57 Å². The Labute approximate surface area is 284 Å². The molecule has 0 radical (unpaired) electrons. The van der Waals surface area contributed by atoms with Crippen molar-refractivity contribution in [3.63, 3.8) is 0 Å². The fraction of sp³-hybridized carbons (Fsp3) is 0.364. The Morgan fingerprint density at radius 1 is 1.12 bits per heavy atom. The highest BCUT2D eigenvalue weighted by atomic mass is 35.5. The number of thiazole rings is 1. The van der Waals surface area contributed by atoms with Crippen LogP contribution < -0.4 is 4.72 Å². The molecule has 0 bridgehead atoms. The van der Waals surface area contributed by atoms with Crippen molar-refractivity contribution < 1.29 is 26.7 Å². The van der Waals surface area contributed by atoms with Gasteiger partial charge in [0.1, 0.15) is 11.9 Å². The molecular weight excluding hydrogens is 685 g/mol. The number of hydrogen-bond donors (Lipinski definition) is 2. The second-order valence-electron chi connectivity index (χ2n) is 12.7. The van der Waals surface area contributed by atoms with Gasteiger partial charge >= 0.3 is 6.55 Å². The number of alkyl halides is 2. The Hall–Kier alpha value is -3.56. The summed E-state index contributed by atoms with van der Waals surface area (Å²) in [5, 5.41) is 16.9. The smallest absolute Gasteiger partial charge is 0.333 e. The summed E-state index contributed by atoms with van der Waals surface area (Å²) >= 11 is 7.88. The summed E-state index contributed by atoms with van der Waals surface area (Å²) in [5.41, 5.74) is 2.11. The van der Waals surface area contributed by atoms with Gasteiger partial charge in [0, 0.05) is 58.6 Å². The molecule has 1 saturated carbocycles. The number of nitrogens with one attached hydrogen (secondary N) is 1. The second kappa shape index (κ2) is 12.7. The van der Waals surface area contributed by atoms with Gasteiger partial charge in [0.25, 0.3) is 0 Å². The molecule has 15 heteroatoms. The average molecular weight is 717 g/mol. The Bertz CT molecular complexity index is 1990. The Morgan fingerprint density at radius 2 is 1.88 bits per heavy atom. The number of nitrogens with zero attached hydrogens (tertiary/aromatic N) is 5. The Morgan fingerprint density at radius 3 is 2.52 bits per heavy atom. The first-order valence-electron chi connectivity index (χ1n) is 15.5. The Balaban J connectivity index is 1.23. The van der Waals surface area contributed by atoms with Crippen LogP contribution in [0.4, 0.5) is 13.2 Å². The van der Waals surface area contributed by atoms with E-state index in [-0.39, 0.29) is 34.5 Å². The molecule has 2 atom stereocenters. The van der Waals surface area contributed by atoms with E-state index in [9.17, 15) is 26.7 Å². The van der Waals surface area contributed by atoms with E-state index in [2.05, 4.69) is 14.8 Å². The molecular formula is C33H32ClF3N6O3S2. The fourth-order valence-electron chi connectivity index (χ4n) is 6.81. The lowest BCUT2D eigenvalue weighted by Crippen LogP contribution is -2.39. The van der Waals surface area contributed by atoms with E-state index >= 15 is 0 Å². The van der Waals surface area contributed by atoms with E-state index in [0.717, 1.165) is 30.7 Å². The van der Waals surface area contributed by atoms with E-state index in [0.29, 0.717) is 45.2 Å². The molecule has 1 saturated heterocycles. The number of sulfonamides is 1. The van der Waals surface area contributed by atoms with Crippen LogP contribution in [0.3, 0.4) is 0 Å². The lowest BCUT2D eigenvalue weighted by molar-refractivity contribution is 0.0171. The minimum absolute atomic E-state index is 0.0967. The third-order valence-corrected chi connectivity index (χ3v) is 11.9. The second-order valence-corrected chi connectivity index (χ2v) is 15.7. The number of aliphatic hydroxyl groups is 1. The van der Waals surface area contributed by atoms with Crippen molar-refractivity contribution in [1.29, 1.82) is 0 Å². The quantitative estimate of drug-likeness (QED) is 0.205. The maximum Gasteiger partial charge on any atom is 0.333 e.